The average molecular weight is 416 g/mol. The molecule has 3 nitrogen and oxygen atoms in total. The van der Waals surface area contributed by atoms with E-state index in [-0.39, 0.29) is 5.91 Å². The Kier molecular flexibility index (Phi) is 4.71. The quantitative estimate of drug-likeness (QED) is 0.756. The normalized spacial score (nSPS) is 26.1. The highest BCUT2D eigenvalue weighted by molar-refractivity contribution is 9.11. The molecule has 0 radical (unpaired) electrons. The molecular weight excluding hydrogens is 396 g/mol. The second-order valence-corrected chi connectivity index (χ2v) is 8.00. The van der Waals surface area contributed by atoms with E-state index < -0.39 is 0 Å². The first kappa shape index (κ1) is 15.5. The molecule has 1 N–H and O–H groups in total. The van der Waals surface area contributed by atoms with Crippen molar-refractivity contribution < 1.29 is 4.79 Å². The van der Waals surface area contributed by atoms with Gasteiger partial charge in [-0.15, -0.1) is 0 Å². The predicted octanol–water partition coefficient (Wildman–Crippen LogP) is 3.82. The van der Waals surface area contributed by atoms with Crippen LogP contribution in [-0.2, 0) is 0 Å². The molecule has 2 aliphatic rings. The molecule has 0 saturated carbocycles. The van der Waals surface area contributed by atoms with Crippen LogP contribution < -0.4 is 5.32 Å². The monoisotopic (exact) mass is 414 g/mol. The van der Waals surface area contributed by atoms with Crippen molar-refractivity contribution in [2.24, 2.45) is 5.41 Å². The van der Waals surface area contributed by atoms with Crippen molar-refractivity contribution in [3.8, 4) is 0 Å². The fourth-order valence-electron chi connectivity index (χ4n) is 3.59. The van der Waals surface area contributed by atoms with E-state index in [1.807, 2.05) is 23.1 Å². The Morgan fingerprint density at radius 1 is 1.24 bits per heavy atom. The molecule has 2 saturated heterocycles. The van der Waals surface area contributed by atoms with E-state index in [0.29, 0.717) is 5.41 Å². The number of amides is 1. The summed E-state index contributed by atoms with van der Waals surface area (Å²) in [5, 5.41) is 3.51. The molecular formula is C16H20Br2N2O. The number of hydrogen-bond donors (Lipinski definition) is 1. The number of piperidine rings is 2. The summed E-state index contributed by atoms with van der Waals surface area (Å²) >= 11 is 6.95. The smallest absolute Gasteiger partial charge is 0.255 e. The molecule has 1 amide bonds. The third-order valence-corrected chi connectivity index (χ3v) is 5.82. The van der Waals surface area contributed by atoms with Gasteiger partial charge in [-0.1, -0.05) is 15.9 Å². The molecule has 1 aromatic rings. The number of carbonyl (C=O) groups excluding carboxylic acids is 1. The Morgan fingerprint density at radius 2 is 2.05 bits per heavy atom. The zero-order chi connectivity index (χ0) is 14.9. The average Bonchev–Trinajstić information content (AvgIpc) is 2.47. The Morgan fingerprint density at radius 3 is 2.76 bits per heavy atom. The first-order valence-corrected chi connectivity index (χ1v) is 9.13. The molecule has 1 spiro atoms. The maximum atomic E-state index is 12.8. The number of nitrogens with one attached hydrogen (secondary N) is 1. The van der Waals surface area contributed by atoms with Crippen molar-refractivity contribution in [3.63, 3.8) is 0 Å². The minimum Gasteiger partial charge on any atom is -0.338 e. The van der Waals surface area contributed by atoms with Crippen LogP contribution >= 0.6 is 31.9 Å². The summed E-state index contributed by atoms with van der Waals surface area (Å²) in [7, 11) is 0. The van der Waals surface area contributed by atoms with Crippen LogP contribution in [0.1, 0.15) is 36.0 Å². The van der Waals surface area contributed by atoms with E-state index in [9.17, 15) is 4.79 Å². The second kappa shape index (κ2) is 6.39. The van der Waals surface area contributed by atoms with Gasteiger partial charge in [0.15, 0.2) is 0 Å². The number of nitrogens with zero attached hydrogens (tertiary/aromatic N) is 1. The molecule has 2 heterocycles. The van der Waals surface area contributed by atoms with Gasteiger partial charge in [0.1, 0.15) is 0 Å². The Bertz CT molecular complexity index is 536. The predicted molar refractivity (Wildman–Crippen MR) is 91.5 cm³/mol. The fourth-order valence-corrected chi connectivity index (χ4v) is 4.81. The maximum Gasteiger partial charge on any atom is 0.255 e. The van der Waals surface area contributed by atoms with Crippen LogP contribution in [0.15, 0.2) is 27.1 Å². The van der Waals surface area contributed by atoms with Gasteiger partial charge in [0.05, 0.1) is 5.56 Å². The topological polar surface area (TPSA) is 32.3 Å². The lowest BCUT2D eigenvalue weighted by Gasteiger charge is -2.45. The van der Waals surface area contributed by atoms with Crippen LogP contribution in [-0.4, -0.2) is 37.0 Å². The van der Waals surface area contributed by atoms with E-state index in [4.69, 9.17) is 0 Å². The van der Waals surface area contributed by atoms with Crippen molar-refractivity contribution in [1.82, 2.24) is 10.2 Å². The van der Waals surface area contributed by atoms with E-state index in [2.05, 4.69) is 37.2 Å². The number of likely N-dealkylation sites (tertiary alicyclic amines) is 1. The molecule has 1 atom stereocenters. The Hall–Kier alpha value is -0.390. The SMILES string of the molecule is O=C(c1ccc(Br)cc1Br)N1CCCC2(CCCNC2)C1. The lowest BCUT2D eigenvalue weighted by molar-refractivity contribution is 0.0433. The van der Waals surface area contributed by atoms with Crippen molar-refractivity contribution in [2.75, 3.05) is 26.2 Å². The van der Waals surface area contributed by atoms with Gasteiger partial charge in [0, 0.05) is 34.0 Å². The zero-order valence-corrected chi connectivity index (χ0v) is 15.2. The molecule has 3 rings (SSSR count). The minimum atomic E-state index is 0.152. The Labute approximate surface area is 142 Å². The van der Waals surface area contributed by atoms with Gasteiger partial charge in [-0.3, -0.25) is 4.79 Å². The van der Waals surface area contributed by atoms with Crippen molar-refractivity contribution in [3.05, 3.63) is 32.7 Å². The lowest BCUT2D eigenvalue weighted by Crippen LogP contribution is -2.52. The standard InChI is InChI=1S/C16H20Br2N2O/c17-12-3-4-13(14(18)9-12)15(21)20-8-2-6-16(11-20)5-1-7-19-10-16/h3-4,9,19H,1-2,5-8,10-11H2. The molecule has 21 heavy (non-hydrogen) atoms. The highest BCUT2D eigenvalue weighted by Crippen LogP contribution is 2.36. The first-order chi connectivity index (χ1) is 10.1. The first-order valence-electron chi connectivity index (χ1n) is 7.55. The van der Waals surface area contributed by atoms with E-state index >= 15 is 0 Å². The van der Waals surface area contributed by atoms with Gasteiger partial charge in [-0.05, 0) is 66.4 Å². The highest BCUT2D eigenvalue weighted by Gasteiger charge is 2.38. The molecule has 0 bridgehead atoms. The van der Waals surface area contributed by atoms with Gasteiger partial charge >= 0.3 is 0 Å². The molecule has 1 aromatic carbocycles. The molecule has 2 aliphatic heterocycles. The molecule has 0 aliphatic carbocycles. The zero-order valence-electron chi connectivity index (χ0n) is 12.0. The Balaban J connectivity index is 1.77. The third kappa shape index (κ3) is 3.35. The number of hydrogen-bond acceptors (Lipinski definition) is 2. The van der Waals surface area contributed by atoms with Gasteiger partial charge in [-0.2, -0.15) is 0 Å². The van der Waals surface area contributed by atoms with Crippen LogP contribution in [0.5, 0.6) is 0 Å². The maximum absolute atomic E-state index is 12.8. The molecule has 5 heteroatoms. The molecule has 1 unspecified atom stereocenters. The van der Waals surface area contributed by atoms with Gasteiger partial charge < -0.3 is 10.2 Å². The third-order valence-electron chi connectivity index (χ3n) is 4.67. The van der Waals surface area contributed by atoms with Crippen LogP contribution in [0.2, 0.25) is 0 Å². The second-order valence-electron chi connectivity index (χ2n) is 6.23. The molecule has 114 valence electrons. The van der Waals surface area contributed by atoms with Crippen molar-refractivity contribution in [1.29, 1.82) is 0 Å². The number of benzene rings is 1. The van der Waals surface area contributed by atoms with E-state index in [0.717, 1.165) is 47.1 Å². The number of halogens is 2. The lowest BCUT2D eigenvalue weighted by atomic mass is 9.74. The summed E-state index contributed by atoms with van der Waals surface area (Å²) < 4.78 is 1.85. The van der Waals surface area contributed by atoms with Crippen molar-refractivity contribution >= 4 is 37.8 Å². The van der Waals surface area contributed by atoms with Crippen LogP contribution in [0.25, 0.3) is 0 Å². The summed E-state index contributed by atoms with van der Waals surface area (Å²) in [6, 6.07) is 5.77. The summed E-state index contributed by atoms with van der Waals surface area (Å²) in [6.07, 6.45) is 4.82. The van der Waals surface area contributed by atoms with Gasteiger partial charge in [0.25, 0.3) is 5.91 Å². The summed E-state index contributed by atoms with van der Waals surface area (Å²) in [6.45, 7) is 3.94. The van der Waals surface area contributed by atoms with Crippen LogP contribution in [0.3, 0.4) is 0 Å². The summed E-state index contributed by atoms with van der Waals surface area (Å²) in [5.41, 5.74) is 1.06. The van der Waals surface area contributed by atoms with Crippen LogP contribution in [0, 0.1) is 5.41 Å². The highest BCUT2D eigenvalue weighted by atomic mass is 79.9. The van der Waals surface area contributed by atoms with Crippen molar-refractivity contribution in [2.45, 2.75) is 25.7 Å². The summed E-state index contributed by atoms with van der Waals surface area (Å²) in [5.74, 6) is 0.152. The minimum absolute atomic E-state index is 0.152. The van der Waals surface area contributed by atoms with Crippen LogP contribution in [0.4, 0.5) is 0 Å². The molecule has 0 aromatic heterocycles. The number of rotatable bonds is 1. The van der Waals surface area contributed by atoms with Gasteiger partial charge in [0.2, 0.25) is 0 Å². The number of carbonyl (C=O) groups is 1. The largest absolute Gasteiger partial charge is 0.338 e. The molecule has 2 fully saturated rings. The van der Waals surface area contributed by atoms with E-state index in [1.54, 1.807) is 0 Å². The van der Waals surface area contributed by atoms with Gasteiger partial charge in [-0.25, -0.2) is 0 Å². The summed E-state index contributed by atoms with van der Waals surface area (Å²) in [4.78, 5) is 14.9. The fraction of sp³-hybridized carbons (Fsp3) is 0.562. The van der Waals surface area contributed by atoms with E-state index in [1.165, 1.54) is 19.3 Å².